The number of hydrogen-bond acceptors (Lipinski definition) is 4. The Morgan fingerprint density at radius 1 is 1.40 bits per heavy atom. The van der Waals surface area contributed by atoms with Gasteiger partial charge in [-0.05, 0) is 25.3 Å². The number of aryl methyl sites for hydroxylation is 1. The van der Waals surface area contributed by atoms with Gasteiger partial charge in [-0.1, -0.05) is 54.4 Å². The lowest BCUT2D eigenvalue weighted by atomic mass is 10.2. The smallest absolute Gasteiger partial charge is 0.240 e. The molecule has 0 aliphatic heterocycles. The molecule has 1 aromatic heterocycles. The summed E-state index contributed by atoms with van der Waals surface area (Å²) in [4.78, 5) is 16.8. The molecule has 6 heteroatoms. The Balaban J connectivity index is 1.65. The minimum atomic E-state index is -0.116. The zero-order chi connectivity index (χ0) is 17.6. The summed E-state index contributed by atoms with van der Waals surface area (Å²) in [6, 6.07) is 8.67. The number of benzene rings is 1. The van der Waals surface area contributed by atoms with E-state index >= 15 is 0 Å². The lowest BCUT2D eigenvalue weighted by Gasteiger charge is -2.14. The number of aliphatic hydroxyl groups excluding tert-OH is 1. The predicted molar refractivity (Wildman–Crippen MR) is 99.3 cm³/mol. The van der Waals surface area contributed by atoms with E-state index in [0.717, 1.165) is 23.8 Å². The second-order valence-corrected chi connectivity index (χ2v) is 7.55. The highest BCUT2D eigenvalue weighted by atomic mass is 32.2. The first-order chi connectivity index (χ1) is 12.2. The molecule has 3 rings (SSSR count). The van der Waals surface area contributed by atoms with Crippen molar-refractivity contribution in [2.24, 2.45) is 0 Å². The van der Waals surface area contributed by atoms with E-state index in [2.05, 4.69) is 35.4 Å². The van der Waals surface area contributed by atoms with E-state index in [-0.39, 0.29) is 19.1 Å². The molecular formula is C19H25N3O2S. The number of nitrogens with zero attached hydrogens (tertiary/aromatic N) is 2. The lowest BCUT2D eigenvalue weighted by molar-refractivity contribution is -0.122. The Morgan fingerprint density at radius 3 is 2.92 bits per heavy atom. The molecule has 0 spiro atoms. The van der Waals surface area contributed by atoms with Crippen LogP contribution in [0.4, 0.5) is 0 Å². The number of carbonyl (C=O) groups excluding carboxylic acids is 1. The number of aromatic nitrogens is 2. The largest absolute Gasteiger partial charge is 0.390 e. The van der Waals surface area contributed by atoms with Crippen molar-refractivity contribution < 1.29 is 9.90 Å². The number of thioether (sulfide) groups is 1. The highest BCUT2D eigenvalue weighted by molar-refractivity contribution is 7.98. The molecule has 0 atom stereocenters. The van der Waals surface area contributed by atoms with Crippen LogP contribution < -0.4 is 5.32 Å². The van der Waals surface area contributed by atoms with Crippen molar-refractivity contribution in [2.75, 3.05) is 0 Å². The van der Waals surface area contributed by atoms with E-state index in [9.17, 15) is 9.90 Å². The maximum atomic E-state index is 12.4. The molecule has 5 nitrogen and oxygen atoms in total. The second-order valence-electron chi connectivity index (χ2n) is 6.60. The highest BCUT2D eigenvalue weighted by Crippen LogP contribution is 2.24. The van der Waals surface area contributed by atoms with Crippen LogP contribution in [0.25, 0.3) is 0 Å². The first-order valence-corrected chi connectivity index (χ1v) is 9.77. The van der Waals surface area contributed by atoms with Gasteiger partial charge in [-0.3, -0.25) is 4.79 Å². The van der Waals surface area contributed by atoms with Gasteiger partial charge >= 0.3 is 0 Å². The quantitative estimate of drug-likeness (QED) is 0.746. The number of carbonyl (C=O) groups is 1. The minimum Gasteiger partial charge on any atom is -0.390 e. The molecule has 1 fully saturated rings. The molecule has 1 amide bonds. The zero-order valence-electron chi connectivity index (χ0n) is 14.6. The third-order valence-electron chi connectivity index (χ3n) is 4.54. The van der Waals surface area contributed by atoms with Gasteiger partial charge in [0.25, 0.3) is 0 Å². The summed E-state index contributed by atoms with van der Waals surface area (Å²) < 4.78 is 1.82. The average Bonchev–Trinajstić information content (AvgIpc) is 3.23. The van der Waals surface area contributed by atoms with E-state index in [1.54, 1.807) is 18.0 Å². The van der Waals surface area contributed by atoms with Crippen LogP contribution in [0, 0.1) is 6.92 Å². The van der Waals surface area contributed by atoms with Crippen LogP contribution in [-0.4, -0.2) is 26.6 Å². The molecule has 0 bridgehead atoms. The molecule has 1 saturated carbocycles. The van der Waals surface area contributed by atoms with Gasteiger partial charge < -0.3 is 15.0 Å². The Kier molecular flexibility index (Phi) is 6.15. The van der Waals surface area contributed by atoms with Gasteiger partial charge in [0.15, 0.2) is 5.16 Å². The Bertz CT molecular complexity index is 723. The topological polar surface area (TPSA) is 67.2 Å². The number of nitrogens with one attached hydrogen (secondary N) is 1. The van der Waals surface area contributed by atoms with Crippen molar-refractivity contribution in [2.45, 2.75) is 62.7 Å². The average molecular weight is 359 g/mol. The van der Waals surface area contributed by atoms with Crippen molar-refractivity contribution in [3.8, 4) is 0 Å². The molecule has 0 unspecified atom stereocenters. The molecule has 0 radical (unpaired) electrons. The molecule has 1 aromatic carbocycles. The molecule has 1 aliphatic rings. The fourth-order valence-electron chi connectivity index (χ4n) is 3.24. The zero-order valence-corrected chi connectivity index (χ0v) is 15.4. The Hall–Kier alpha value is -1.79. The van der Waals surface area contributed by atoms with Gasteiger partial charge in [0.05, 0.1) is 18.5 Å². The van der Waals surface area contributed by atoms with Crippen LogP contribution in [0.15, 0.2) is 35.6 Å². The van der Waals surface area contributed by atoms with Gasteiger partial charge in [0.2, 0.25) is 5.91 Å². The van der Waals surface area contributed by atoms with Crippen LogP contribution in [0.5, 0.6) is 0 Å². The summed E-state index contributed by atoms with van der Waals surface area (Å²) >= 11 is 1.59. The van der Waals surface area contributed by atoms with Crippen molar-refractivity contribution in [3.63, 3.8) is 0 Å². The molecule has 1 heterocycles. The third-order valence-corrected chi connectivity index (χ3v) is 5.60. The van der Waals surface area contributed by atoms with Gasteiger partial charge in [-0.25, -0.2) is 4.98 Å². The molecule has 25 heavy (non-hydrogen) atoms. The molecule has 2 aromatic rings. The number of aliphatic hydroxyl groups is 1. The molecule has 134 valence electrons. The summed E-state index contributed by atoms with van der Waals surface area (Å²) in [5, 5.41) is 13.4. The molecule has 2 N–H and O–H groups in total. The van der Waals surface area contributed by atoms with Gasteiger partial charge in [-0.15, -0.1) is 0 Å². The first kappa shape index (κ1) is 18.0. The van der Waals surface area contributed by atoms with Gasteiger partial charge in [0.1, 0.15) is 6.54 Å². The minimum absolute atomic E-state index is 0.00277. The van der Waals surface area contributed by atoms with Gasteiger partial charge in [0, 0.05) is 11.8 Å². The Labute approximate surface area is 152 Å². The third kappa shape index (κ3) is 4.86. The number of hydrogen-bond donors (Lipinski definition) is 2. The highest BCUT2D eigenvalue weighted by Gasteiger charge is 2.19. The lowest BCUT2D eigenvalue weighted by Crippen LogP contribution is -2.35. The summed E-state index contributed by atoms with van der Waals surface area (Å²) in [7, 11) is 0. The Morgan fingerprint density at radius 2 is 2.20 bits per heavy atom. The van der Waals surface area contributed by atoms with E-state index in [1.807, 2.05) is 10.6 Å². The van der Waals surface area contributed by atoms with Crippen LogP contribution in [0.3, 0.4) is 0 Å². The molecule has 0 saturated heterocycles. The first-order valence-electron chi connectivity index (χ1n) is 8.78. The van der Waals surface area contributed by atoms with E-state index in [4.69, 9.17) is 0 Å². The van der Waals surface area contributed by atoms with Crippen LogP contribution in [0.1, 0.15) is 42.5 Å². The fraction of sp³-hybridized carbons (Fsp3) is 0.474. The summed E-state index contributed by atoms with van der Waals surface area (Å²) in [5.41, 5.74) is 3.13. The van der Waals surface area contributed by atoms with Crippen molar-refractivity contribution in [1.82, 2.24) is 14.9 Å². The van der Waals surface area contributed by atoms with Gasteiger partial charge in [-0.2, -0.15) is 0 Å². The summed E-state index contributed by atoms with van der Waals surface area (Å²) in [5.74, 6) is 0.783. The SMILES string of the molecule is Cc1cccc(CSc2ncc(CO)n2CC(=O)NC2CCCC2)c1. The van der Waals surface area contributed by atoms with Crippen LogP contribution in [-0.2, 0) is 23.7 Å². The van der Waals surface area contributed by atoms with Crippen LogP contribution >= 0.6 is 11.8 Å². The maximum absolute atomic E-state index is 12.4. The van der Waals surface area contributed by atoms with Crippen molar-refractivity contribution in [3.05, 3.63) is 47.3 Å². The predicted octanol–water partition coefficient (Wildman–Crippen LogP) is 3.03. The van der Waals surface area contributed by atoms with Crippen molar-refractivity contribution >= 4 is 17.7 Å². The maximum Gasteiger partial charge on any atom is 0.240 e. The van der Waals surface area contributed by atoms with E-state index < -0.39 is 0 Å². The molecular weight excluding hydrogens is 334 g/mol. The summed E-state index contributed by atoms with van der Waals surface area (Å²) in [6.45, 7) is 2.17. The number of amides is 1. The number of rotatable bonds is 7. The fourth-order valence-corrected chi connectivity index (χ4v) is 4.18. The standard InChI is InChI=1S/C19H25N3O2S/c1-14-5-4-6-15(9-14)13-25-19-20-10-17(12-23)22(19)11-18(24)21-16-7-2-3-8-16/h4-6,9-10,16,23H,2-3,7-8,11-13H2,1H3,(H,21,24). The van der Waals surface area contributed by atoms with Crippen molar-refractivity contribution in [1.29, 1.82) is 0 Å². The summed E-state index contributed by atoms with van der Waals surface area (Å²) in [6.07, 6.45) is 6.17. The van der Waals surface area contributed by atoms with E-state index in [1.165, 1.54) is 24.0 Å². The second kappa shape index (κ2) is 8.54. The van der Waals surface area contributed by atoms with Crippen LogP contribution in [0.2, 0.25) is 0 Å². The molecule has 1 aliphatic carbocycles. The monoisotopic (exact) mass is 359 g/mol. The normalized spacial score (nSPS) is 14.8. The number of imidazole rings is 1. The van der Waals surface area contributed by atoms with E-state index in [0.29, 0.717) is 11.7 Å².